The molecule has 0 aliphatic heterocycles. The van der Waals surface area contributed by atoms with Crippen molar-refractivity contribution in [3.05, 3.63) is 23.5 Å². The minimum atomic E-state index is -4.77. The van der Waals surface area contributed by atoms with E-state index in [-0.39, 0.29) is 5.75 Å². The van der Waals surface area contributed by atoms with Crippen molar-refractivity contribution in [1.29, 1.82) is 0 Å². The number of halogens is 3. The summed E-state index contributed by atoms with van der Waals surface area (Å²) in [6.45, 7) is 0. The highest BCUT2D eigenvalue weighted by Gasteiger charge is 2.36. The number of ether oxygens (including phenoxy) is 1. The number of carbonyl (C=O) groups is 1. The molecule has 1 heterocycles. The van der Waals surface area contributed by atoms with E-state index in [4.69, 9.17) is 5.11 Å². The van der Waals surface area contributed by atoms with Crippen molar-refractivity contribution < 1.29 is 27.8 Å². The third-order valence-corrected chi connectivity index (χ3v) is 1.61. The van der Waals surface area contributed by atoms with Crippen molar-refractivity contribution in [1.82, 2.24) is 4.98 Å². The number of pyridine rings is 1. The first-order valence-corrected chi connectivity index (χ1v) is 3.70. The van der Waals surface area contributed by atoms with Crippen LogP contribution < -0.4 is 4.74 Å². The first-order valence-electron chi connectivity index (χ1n) is 3.70. The molecule has 1 rings (SSSR count). The maximum atomic E-state index is 12.4. The molecule has 82 valence electrons. The maximum absolute atomic E-state index is 12.4. The van der Waals surface area contributed by atoms with Gasteiger partial charge in [0.15, 0.2) is 5.69 Å². The summed E-state index contributed by atoms with van der Waals surface area (Å²) in [7, 11) is 1.16. The number of methoxy groups -OCH3 is 1. The van der Waals surface area contributed by atoms with Gasteiger partial charge in [-0.1, -0.05) is 0 Å². The Bertz CT molecular complexity index is 389. The summed E-state index contributed by atoms with van der Waals surface area (Å²) in [5.74, 6) is -1.88. The van der Waals surface area contributed by atoms with Crippen molar-refractivity contribution in [2.75, 3.05) is 7.11 Å². The van der Waals surface area contributed by atoms with Crippen LogP contribution in [0, 0.1) is 0 Å². The molecule has 4 nitrogen and oxygen atoms in total. The second-order valence-electron chi connectivity index (χ2n) is 2.57. The van der Waals surface area contributed by atoms with Gasteiger partial charge in [-0.2, -0.15) is 13.2 Å². The van der Waals surface area contributed by atoms with Crippen LogP contribution in [0.1, 0.15) is 16.1 Å². The predicted octanol–water partition coefficient (Wildman–Crippen LogP) is 1.81. The Labute approximate surface area is 82.3 Å². The number of alkyl halides is 3. The van der Waals surface area contributed by atoms with Gasteiger partial charge in [-0.15, -0.1) is 0 Å². The van der Waals surface area contributed by atoms with Gasteiger partial charge in [0.2, 0.25) is 0 Å². The first kappa shape index (κ1) is 11.3. The lowest BCUT2D eigenvalue weighted by Crippen LogP contribution is -2.14. The van der Waals surface area contributed by atoms with Gasteiger partial charge in [0.05, 0.1) is 18.9 Å². The highest BCUT2D eigenvalue weighted by Crippen LogP contribution is 2.33. The van der Waals surface area contributed by atoms with E-state index in [1.165, 1.54) is 0 Å². The SMILES string of the molecule is COc1cnc(C(=O)O)c(C(F)(F)F)c1. The van der Waals surface area contributed by atoms with Crippen molar-refractivity contribution in [3.63, 3.8) is 0 Å². The van der Waals surface area contributed by atoms with Crippen LogP contribution in [0.5, 0.6) is 5.75 Å². The van der Waals surface area contributed by atoms with Crippen LogP contribution in [0.25, 0.3) is 0 Å². The summed E-state index contributed by atoms with van der Waals surface area (Å²) >= 11 is 0. The quantitative estimate of drug-likeness (QED) is 0.827. The molecule has 0 bridgehead atoms. The summed E-state index contributed by atoms with van der Waals surface area (Å²) in [5, 5.41) is 8.49. The van der Waals surface area contributed by atoms with Gasteiger partial charge in [-0.3, -0.25) is 0 Å². The smallest absolute Gasteiger partial charge is 0.418 e. The lowest BCUT2D eigenvalue weighted by Gasteiger charge is -2.10. The lowest BCUT2D eigenvalue weighted by atomic mass is 10.2. The highest BCUT2D eigenvalue weighted by atomic mass is 19.4. The molecule has 1 aromatic heterocycles. The van der Waals surface area contributed by atoms with E-state index in [1.54, 1.807) is 0 Å². The molecule has 0 aliphatic rings. The molecular weight excluding hydrogens is 215 g/mol. The fraction of sp³-hybridized carbons (Fsp3) is 0.250. The maximum Gasteiger partial charge on any atom is 0.418 e. The molecule has 0 radical (unpaired) electrons. The Morgan fingerprint density at radius 1 is 1.53 bits per heavy atom. The molecule has 0 atom stereocenters. The standard InChI is InChI=1S/C8H6F3NO3/c1-15-4-2-5(8(9,10)11)6(7(13)14)12-3-4/h2-3H,1H3,(H,13,14). The minimum absolute atomic E-state index is 0.146. The topological polar surface area (TPSA) is 59.4 Å². The van der Waals surface area contributed by atoms with Crippen LogP contribution in [-0.4, -0.2) is 23.2 Å². The van der Waals surface area contributed by atoms with Gasteiger partial charge >= 0.3 is 12.1 Å². The van der Waals surface area contributed by atoms with Gasteiger partial charge in [0.1, 0.15) is 5.75 Å². The number of hydrogen-bond acceptors (Lipinski definition) is 3. The Morgan fingerprint density at radius 3 is 2.53 bits per heavy atom. The monoisotopic (exact) mass is 221 g/mol. The summed E-state index contributed by atoms with van der Waals surface area (Å²) < 4.78 is 41.6. The third kappa shape index (κ3) is 2.36. The number of hydrogen-bond donors (Lipinski definition) is 1. The van der Waals surface area contributed by atoms with Crippen molar-refractivity contribution in [2.45, 2.75) is 6.18 Å². The van der Waals surface area contributed by atoms with Crippen molar-refractivity contribution in [2.24, 2.45) is 0 Å². The second kappa shape index (κ2) is 3.76. The number of nitrogens with zero attached hydrogens (tertiary/aromatic N) is 1. The van der Waals surface area contributed by atoms with Crippen LogP contribution in [-0.2, 0) is 6.18 Å². The molecule has 7 heteroatoms. The first-order chi connectivity index (χ1) is 6.86. The average molecular weight is 221 g/mol. The van der Waals surface area contributed by atoms with Crippen LogP contribution in [0.4, 0.5) is 13.2 Å². The molecule has 0 saturated carbocycles. The largest absolute Gasteiger partial charge is 0.495 e. The number of aromatic nitrogens is 1. The number of carboxylic acids is 1. The van der Waals surface area contributed by atoms with E-state index in [0.717, 1.165) is 13.3 Å². The van der Waals surface area contributed by atoms with Gasteiger partial charge in [0, 0.05) is 0 Å². The van der Waals surface area contributed by atoms with Crippen LogP contribution in [0.15, 0.2) is 12.3 Å². The van der Waals surface area contributed by atoms with Crippen LogP contribution in [0.3, 0.4) is 0 Å². The fourth-order valence-corrected chi connectivity index (χ4v) is 0.944. The molecule has 0 amide bonds. The molecule has 0 aliphatic carbocycles. The van der Waals surface area contributed by atoms with E-state index in [9.17, 15) is 18.0 Å². The Kier molecular flexibility index (Phi) is 2.83. The molecule has 0 unspecified atom stereocenters. The molecule has 1 aromatic rings. The Hall–Kier alpha value is -1.79. The molecule has 0 fully saturated rings. The van der Waals surface area contributed by atoms with E-state index < -0.39 is 23.4 Å². The van der Waals surface area contributed by atoms with Crippen molar-refractivity contribution >= 4 is 5.97 Å². The summed E-state index contributed by atoms with van der Waals surface area (Å²) in [6, 6.07) is 0.594. The number of rotatable bonds is 2. The zero-order valence-electron chi connectivity index (χ0n) is 7.50. The average Bonchev–Trinajstić information content (AvgIpc) is 2.15. The summed E-state index contributed by atoms with van der Waals surface area (Å²) in [6.07, 6.45) is -3.85. The van der Waals surface area contributed by atoms with Crippen molar-refractivity contribution in [3.8, 4) is 5.75 Å². The zero-order valence-corrected chi connectivity index (χ0v) is 7.50. The van der Waals surface area contributed by atoms with Gasteiger partial charge < -0.3 is 9.84 Å². The second-order valence-corrected chi connectivity index (χ2v) is 2.57. The molecule has 0 aromatic carbocycles. The van der Waals surface area contributed by atoms with E-state index in [1.807, 2.05) is 0 Å². The molecule has 15 heavy (non-hydrogen) atoms. The van der Waals surface area contributed by atoms with E-state index in [2.05, 4.69) is 9.72 Å². The van der Waals surface area contributed by atoms with Crippen LogP contribution >= 0.6 is 0 Å². The van der Waals surface area contributed by atoms with Gasteiger partial charge in [0.25, 0.3) is 0 Å². The number of carboxylic acid groups (broad SMARTS) is 1. The summed E-state index contributed by atoms with van der Waals surface area (Å²) in [5.41, 5.74) is -2.36. The molecular formula is C8H6F3NO3. The highest BCUT2D eigenvalue weighted by molar-refractivity contribution is 5.87. The van der Waals surface area contributed by atoms with E-state index >= 15 is 0 Å². The molecule has 0 saturated heterocycles. The van der Waals surface area contributed by atoms with Gasteiger partial charge in [-0.25, -0.2) is 9.78 Å². The Morgan fingerprint density at radius 2 is 2.13 bits per heavy atom. The third-order valence-electron chi connectivity index (χ3n) is 1.61. The lowest BCUT2D eigenvalue weighted by molar-refractivity contribution is -0.138. The minimum Gasteiger partial charge on any atom is -0.495 e. The van der Waals surface area contributed by atoms with Gasteiger partial charge in [-0.05, 0) is 6.07 Å². The van der Waals surface area contributed by atoms with E-state index in [0.29, 0.717) is 6.07 Å². The zero-order chi connectivity index (χ0) is 11.6. The Balaban J connectivity index is 3.36. The molecule has 0 spiro atoms. The van der Waals surface area contributed by atoms with Crippen LogP contribution in [0.2, 0.25) is 0 Å². The molecule has 1 N–H and O–H groups in total. The normalized spacial score (nSPS) is 11.2. The summed E-state index contributed by atoms with van der Waals surface area (Å²) in [4.78, 5) is 13.6. The predicted molar refractivity (Wildman–Crippen MR) is 42.8 cm³/mol. The number of aromatic carboxylic acids is 1. The fourth-order valence-electron chi connectivity index (χ4n) is 0.944.